The number of aliphatic hydroxyl groups is 1. The second-order valence-corrected chi connectivity index (χ2v) is 4.54. The first kappa shape index (κ1) is 7.60. The summed E-state index contributed by atoms with van der Waals surface area (Å²) in [6, 6.07) is 0. The molecule has 1 saturated carbocycles. The van der Waals surface area contributed by atoms with Crippen molar-refractivity contribution in [1.82, 2.24) is 0 Å². The first-order chi connectivity index (χ1) is 4.49. The maximum absolute atomic E-state index is 10.5. The fourth-order valence-corrected chi connectivity index (χ4v) is 1.33. The van der Waals surface area contributed by atoms with E-state index in [1.165, 1.54) is 0 Å². The first-order valence-electron chi connectivity index (χ1n) is 3.09. The van der Waals surface area contributed by atoms with E-state index in [1.807, 2.05) is 0 Å². The molecule has 4 heteroatoms. The number of rotatable bonds is 2. The van der Waals surface area contributed by atoms with E-state index < -0.39 is 9.84 Å². The van der Waals surface area contributed by atoms with Gasteiger partial charge in [-0.3, -0.25) is 0 Å². The van der Waals surface area contributed by atoms with Gasteiger partial charge in [0.25, 0.3) is 0 Å². The minimum absolute atomic E-state index is 0.0162. The largest absolute Gasteiger partial charge is 0.511 e. The number of allylic oxidation sites excluding steroid dienone is 1. The Labute approximate surface area is 60.3 Å². The molecule has 1 rings (SSSR count). The summed E-state index contributed by atoms with van der Waals surface area (Å²) in [4.78, 5) is 0. The van der Waals surface area contributed by atoms with Gasteiger partial charge in [0.1, 0.15) is 5.76 Å². The van der Waals surface area contributed by atoms with Crippen molar-refractivity contribution in [3.8, 4) is 0 Å². The van der Waals surface area contributed by atoms with Crippen molar-refractivity contribution >= 4 is 9.84 Å². The van der Waals surface area contributed by atoms with Gasteiger partial charge in [-0.1, -0.05) is 0 Å². The van der Waals surface area contributed by atoms with E-state index in [9.17, 15) is 8.42 Å². The quantitative estimate of drug-likeness (QED) is 0.612. The molecule has 1 fully saturated rings. The van der Waals surface area contributed by atoms with E-state index in [0.29, 0.717) is 0 Å². The van der Waals surface area contributed by atoms with Gasteiger partial charge in [0.15, 0.2) is 9.84 Å². The van der Waals surface area contributed by atoms with Crippen LogP contribution in [0.25, 0.3) is 0 Å². The van der Waals surface area contributed by atoms with Crippen LogP contribution in [0.1, 0.15) is 12.8 Å². The van der Waals surface area contributed by atoms with Crippen LogP contribution < -0.4 is 0 Å². The predicted octanol–water partition coefficient (Wildman–Crippen LogP) is 0.840. The van der Waals surface area contributed by atoms with Crippen LogP contribution in [0.5, 0.6) is 0 Å². The van der Waals surface area contributed by atoms with Gasteiger partial charge in [-0.15, -0.1) is 0 Å². The third-order valence-electron chi connectivity index (χ3n) is 1.33. The fraction of sp³-hybridized carbons (Fsp3) is 0.667. The van der Waals surface area contributed by atoms with Gasteiger partial charge in [-0.2, -0.15) is 0 Å². The molecule has 0 bridgehead atoms. The zero-order chi connectivity index (χ0) is 7.78. The average molecular weight is 162 g/mol. The van der Waals surface area contributed by atoms with Crippen LogP contribution in [0.2, 0.25) is 0 Å². The summed E-state index contributed by atoms with van der Waals surface area (Å²) in [5.74, 6) is 0.136. The monoisotopic (exact) mass is 162 g/mol. The molecule has 58 valence electrons. The summed E-state index contributed by atoms with van der Waals surface area (Å²) in [6.45, 7) is 0. The fourth-order valence-electron chi connectivity index (χ4n) is 0.695. The topological polar surface area (TPSA) is 54.4 Å². The molecule has 3 nitrogen and oxygen atoms in total. The number of aliphatic hydroxyl groups excluding tert-OH is 1. The van der Waals surface area contributed by atoms with E-state index in [4.69, 9.17) is 5.11 Å². The summed E-state index contributed by atoms with van der Waals surface area (Å²) < 4.78 is 21.1. The van der Waals surface area contributed by atoms with Crippen LogP contribution in [0.4, 0.5) is 0 Å². The molecule has 1 aliphatic rings. The lowest BCUT2D eigenvalue weighted by Gasteiger charge is -1.92. The molecule has 1 N–H and O–H groups in total. The summed E-state index contributed by atoms with van der Waals surface area (Å²) in [5, 5.41) is 9.94. The Balaban J connectivity index is 2.70. The normalized spacial score (nSPS) is 21.1. The zero-order valence-corrected chi connectivity index (χ0v) is 6.56. The summed E-state index contributed by atoms with van der Waals surface area (Å²) in [6.07, 6.45) is 2.90. The Morgan fingerprint density at radius 2 is 2.10 bits per heavy atom. The highest BCUT2D eigenvalue weighted by molar-refractivity contribution is 7.93. The van der Waals surface area contributed by atoms with Gasteiger partial charge >= 0.3 is 0 Å². The van der Waals surface area contributed by atoms with Crippen molar-refractivity contribution in [2.24, 2.45) is 5.92 Å². The summed E-state index contributed by atoms with van der Waals surface area (Å²) in [7, 11) is -3.14. The molecule has 1 aliphatic carbocycles. The Morgan fingerprint density at radius 3 is 2.40 bits per heavy atom. The van der Waals surface area contributed by atoms with E-state index in [0.717, 1.165) is 24.5 Å². The molecule has 10 heavy (non-hydrogen) atoms. The number of hydrogen-bond acceptors (Lipinski definition) is 3. The molecule has 0 amide bonds. The molecular weight excluding hydrogens is 152 g/mol. The minimum Gasteiger partial charge on any atom is -0.511 e. The van der Waals surface area contributed by atoms with Crippen LogP contribution in [0.15, 0.2) is 11.2 Å². The molecule has 0 saturated heterocycles. The number of sulfone groups is 1. The molecule has 0 aromatic rings. The first-order valence-corrected chi connectivity index (χ1v) is 5.05. The number of hydrogen-bond donors (Lipinski definition) is 1. The van der Waals surface area contributed by atoms with E-state index in [1.54, 1.807) is 0 Å². The van der Waals surface area contributed by atoms with E-state index in [2.05, 4.69) is 0 Å². The van der Waals surface area contributed by atoms with Crippen molar-refractivity contribution in [2.45, 2.75) is 12.8 Å². The van der Waals surface area contributed by atoms with Crippen LogP contribution >= 0.6 is 0 Å². The zero-order valence-electron chi connectivity index (χ0n) is 5.74. The molecule has 0 aliphatic heterocycles. The second-order valence-electron chi connectivity index (χ2n) is 2.65. The Morgan fingerprint density at radius 1 is 1.60 bits per heavy atom. The molecule has 0 heterocycles. The highest BCUT2D eigenvalue weighted by Gasteiger charge is 2.26. The van der Waals surface area contributed by atoms with Crippen molar-refractivity contribution in [3.05, 3.63) is 11.2 Å². The average Bonchev–Trinajstić information content (AvgIpc) is 2.35. The van der Waals surface area contributed by atoms with Crippen molar-refractivity contribution < 1.29 is 13.5 Å². The third-order valence-corrected chi connectivity index (χ3v) is 2.00. The van der Waals surface area contributed by atoms with Gasteiger partial charge in [0, 0.05) is 12.2 Å². The Hall–Kier alpha value is -0.510. The SMILES string of the molecule is CS(=O)(=O)C=C(O)C1CC1. The van der Waals surface area contributed by atoms with Crippen LogP contribution in [-0.4, -0.2) is 19.8 Å². The van der Waals surface area contributed by atoms with Gasteiger partial charge in [-0.25, -0.2) is 8.42 Å². The Bertz CT molecular complexity index is 246. The van der Waals surface area contributed by atoms with Crippen molar-refractivity contribution in [1.29, 1.82) is 0 Å². The molecule has 0 spiro atoms. The van der Waals surface area contributed by atoms with Gasteiger partial charge in [0.2, 0.25) is 0 Å². The second kappa shape index (κ2) is 2.27. The van der Waals surface area contributed by atoms with Crippen molar-refractivity contribution in [3.63, 3.8) is 0 Å². The lowest BCUT2D eigenvalue weighted by molar-refractivity contribution is 0.380. The minimum atomic E-state index is -3.14. The highest BCUT2D eigenvalue weighted by atomic mass is 32.2. The van der Waals surface area contributed by atoms with Gasteiger partial charge in [0.05, 0.1) is 5.41 Å². The van der Waals surface area contributed by atoms with E-state index >= 15 is 0 Å². The highest BCUT2D eigenvalue weighted by Crippen LogP contribution is 2.35. The van der Waals surface area contributed by atoms with Crippen LogP contribution in [0, 0.1) is 5.92 Å². The standard InChI is InChI=1S/C6H10O3S/c1-10(8,9)4-6(7)5-2-3-5/h4-5,7H,2-3H2,1H3. The summed E-state index contributed by atoms with van der Waals surface area (Å²) in [5.41, 5.74) is 0. The van der Waals surface area contributed by atoms with Gasteiger partial charge in [-0.05, 0) is 12.8 Å². The molecular formula is C6H10O3S. The molecule has 0 aromatic carbocycles. The maximum Gasteiger partial charge on any atom is 0.172 e. The van der Waals surface area contributed by atoms with Gasteiger partial charge < -0.3 is 5.11 Å². The lowest BCUT2D eigenvalue weighted by Crippen LogP contribution is -1.93. The lowest BCUT2D eigenvalue weighted by atomic mass is 10.4. The third kappa shape index (κ3) is 2.39. The van der Waals surface area contributed by atoms with Crippen LogP contribution in [-0.2, 0) is 9.84 Å². The predicted molar refractivity (Wildman–Crippen MR) is 38.3 cm³/mol. The molecule has 0 atom stereocenters. The summed E-state index contributed by atoms with van der Waals surface area (Å²) >= 11 is 0. The van der Waals surface area contributed by atoms with E-state index in [-0.39, 0.29) is 11.7 Å². The molecule has 0 radical (unpaired) electrons. The smallest absolute Gasteiger partial charge is 0.172 e. The van der Waals surface area contributed by atoms with Crippen LogP contribution in [0.3, 0.4) is 0 Å². The molecule has 0 aromatic heterocycles. The maximum atomic E-state index is 10.5. The van der Waals surface area contributed by atoms with Crippen molar-refractivity contribution in [2.75, 3.05) is 6.26 Å². The molecule has 0 unspecified atom stereocenters. The Kier molecular flexibility index (Phi) is 1.72.